The molecule has 2 aromatic carbocycles. The molecule has 0 saturated carbocycles. The van der Waals surface area contributed by atoms with Gasteiger partial charge in [0.05, 0.1) is 18.7 Å². The Morgan fingerprint density at radius 3 is 2.47 bits per heavy atom. The lowest BCUT2D eigenvalue weighted by molar-refractivity contribution is -0.140. The summed E-state index contributed by atoms with van der Waals surface area (Å²) in [6.45, 7) is 6.12. The molecule has 0 aliphatic carbocycles. The topological polar surface area (TPSA) is 46.6 Å². The monoisotopic (exact) mass is 409 g/mol. The van der Waals surface area contributed by atoms with Crippen LogP contribution in [0.5, 0.6) is 0 Å². The molecule has 0 aromatic heterocycles. The fourth-order valence-corrected chi connectivity index (χ4v) is 3.92. The van der Waals surface area contributed by atoms with Crippen molar-refractivity contribution in [2.45, 2.75) is 52.5 Å². The Morgan fingerprint density at radius 2 is 1.83 bits per heavy atom. The van der Waals surface area contributed by atoms with E-state index in [-0.39, 0.29) is 37.2 Å². The van der Waals surface area contributed by atoms with Gasteiger partial charge in [-0.25, -0.2) is 9.18 Å². The van der Waals surface area contributed by atoms with Crippen LogP contribution in [0.25, 0.3) is 0 Å². The van der Waals surface area contributed by atoms with Gasteiger partial charge in [-0.2, -0.15) is 0 Å². The summed E-state index contributed by atoms with van der Waals surface area (Å²) in [6.07, 6.45) is 1.44. The molecule has 3 rings (SSSR count). The predicted molar refractivity (Wildman–Crippen MR) is 114 cm³/mol. The number of halogens is 1. The molecular formula is C25H28FNO3. The first kappa shape index (κ1) is 21.8. The van der Waals surface area contributed by atoms with Crippen molar-refractivity contribution in [3.05, 3.63) is 82.3 Å². The second-order valence-corrected chi connectivity index (χ2v) is 7.57. The van der Waals surface area contributed by atoms with E-state index in [4.69, 9.17) is 4.74 Å². The molecule has 30 heavy (non-hydrogen) atoms. The quantitative estimate of drug-likeness (QED) is 0.586. The van der Waals surface area contributed by atoms with Gasteiger partial charge in [0.1, 0.15) is 5.82 Å². The van der Waals surface area contributed by atoms with Crippen molar-refractivity contribution in [1.82, 2.24) is 4.90 Å². The van der Waals surface area contributed by atoms with Crippen LogP contribution in [0, 0.1) is 12.7 Å². The smallest absolute Gasteiger partial charge is 0.336 e. The first-order chi connectivity index (χ1) is 14.5. The van der Waals surface area contributed by atoms with Crippen molar-refractivity contribution >= 4 is 11.9 Å². The van der Waals surface area contributed by atoms with Crippen molar-refractivity contribution < 1.29 is 18.7 Å². The van der Waals surface area contributed by atoms with Gasteiger partial charge in [-0.3, -0.25) is 4.79 Å². The number of nitrogens with zero attached hydrogens (tertiary/aromatic N) is 1. The first-order valence-electron chi connectivity index (χ1n) is 10.5. The highest BCUT2D eigenvalue weighted by Gasteiger charge is 2.38. The van der Waals surface area contributed by atoms with Gasteiger partial charge in [0.2, 0.25) is 5.91 Å². The summed E-state index contributed by atoms with van der Waals surface area (Å²) in [4.78, 5) is 27.8. The summed E-state index contributed by atoms with van der Waals surface area (Å²) in [7, 11) is 0. The summed E-state index contributed by atoms with van der Waals surface area (Å²) in [5, 5.41) is 0. The minimum absolute atomic E-state index is 0.102. The van der Waals surface area contributed by atoms with Crippen molar-refractivity contribution in [1.29, 1.82) is 0 Å². The maximum absolute atomic E-state index is 14.3. The molecule has 1 atom stereocenters. The van der Waals surface area contributed by atoms with E-state index in [0.29, 0.717) is 23.3 Å². The molecule has 0 radical (unpaired) electrons. The number of hydrogen-bond donors (Lipinski definition) is 0. The summed E-state index contributed by atoms with van der Waals surface area (Å²) >= 11 is 0. The molecule has 0 N–H and O–H groups in total. The number of aryl methyl sites for hydroxylation is 1. The summed E-state index contributed by atoms with van der Waals surface area (Å²) in [6, 6.07) is 14.3. The highest BCUT2D eigenvalue weighted by molar-refractivity contribution is 5.96. The molecule has 5 heteroatoms. The van der Waals surface area contributed by atoms with Gasteiger partial charge in [-0.15, -0.1) is 0 Å². The standard InChI is InChI=1S/C25H28FNO3/c1-4-8-22-24(25(29)30-5-2)20(18-13-11-17(3)12-14-18)15-23(28)27(22)16-19-9-6-7-10-21(19)26/h6-7,9-14,20H,4-5,8,15-16H2,1-3H3. The summed E-state index contributed by atoms with van der Waals surface area (Å²) in [5.74, 6) is -1.24. The Labute approximate surface area is 177 Å². The SMILES string of the molecule is CCCC1=C(C(=O)OCC)C(c2ccc(C)cc2)CC(=O)N1Cc1ccccc1F. The number of benzene rings is 2. The van der Waals surface area contributed by atoms with Gasteiger partial charge >= 0.3 is 5.97 Å². The van der Waals surface area contributed by atoms with E-state index in [2.05, 4.69) is 0 Å². The van der Waals surface area contributed by atoms with Crippen molar-refractivity contribution in [3.8, 4) is 0 Å². The largest absolute Gasteiger partial charge is 0.463 e. The van der Waals surface area contributed by atoms with E-state index < -0.39 is 5.97 Å². The molecule has 2 aromatic rings. The number of allylic oxidation sites excluding steroid dienone is 1. The highest BCUT2D eigenvalue weighted by Crippen LogP contribution is 2.39. The third-order valence-electron chi connectivity index (χ3n) is 5.41. The maximum Gasteiger partial charge on any atom is 0.336 e. The number of hydrogen-bond acceptors (Lipinski definition) is 3. The minimum Gasteiger partial charge on any atom is -0.463 e. The van der Waals surface area contributed by atoms with Gasteiger partial charge in [-0.05, 0) is 31.9 Å². The third-order valence-corrected chi connectivity index (χ3v) is 5.41. The lowest BCUT2D eigenvalue weighted by Gasteiger charge is -2.36. The molecule has 1 aliphatic heterocycles. The Kier molecular flexibility index (Phi) is 7.03. The molecule has 0 saturated heterocycles. The predicted octanol–water partition coefficient (Wildman–Crippen LogP) is 5.27. The number of ether oxygens (including phenoxy) is 1. The Morgan fingerprint density at radius 1 is 1.13 bits per heavy atom. The average molecular weight is 410 g/mol. The van der Waals surface area contributed by atoms with Gasteiger partial charge in [0.25, 0.3) is 0 Å². The average Bonchev–Trinajstić information content (AvgIpc) is 2.72. The van der Waals surface area contributed by atoms with Crippen LogP contribution in [0.1, 0.15) is 55.7 Å². The summed E-state index contributed by atoms with van der Waals surface area (Å²) in [5.41, 5.74) is 3.60. The molecule has 4 nitrogen and oxygen atoms in total. The molecule has 0 fully saturated rings. The number of rotatable bonds is 7. The second-order valence-electron chi connectivity index (χ2n) is 7.57. The van der Waals surface area contributed by atoms with Crippen LogP contribution in [0.15, 0.2) is 59.8 Å². The lowest BCUT2D eigenvalue weighted by atomic mass is 9.82. The molecule has 158 valence electrons. The molecule has 1 aliphatic rings. The Balaban J connectivity index is 2.11. The van der Waals surface area contributed by atoms with E-state index in [0.717, 1.165) is 17.5 Å². The van der Waals surface area contributed by atoms with Gasteiger partial charge in [0, 0.05) is 23.6 Å². The van der Waals surface area contributed by atoms with Crippen molar-refractivity contribution in [3.63, 3.8) is 0 Å². The van der Waals surface area contributed by atoms with Gasteiger partial charge in [-0.1, -0.05) is 61.4 Å². The number of esters is 1. The zero-order valence-electron chi connectivity index (χ0n) is 17.8. The normalized spacial score (nSPS) is 16.7. The number of carbonyl (C=O) groups is 2. The van der Waals surface area contributed by atoms with Crippen LogP contribution in [0.2, 0.25) is 0 Å². The van der Waals surface area contributed by atoms with E-state index >= 15 is 0 Å². The van der Waals surface area contributed by atoms with Crippen LogP contribution in [-0.2, 0) is 20.9 Å². The molecule has 1 amide bonds. The van der Waals surface area contributed by atoms with Crippen molar-refractivity contribution in [2.24, 2.45) is 0 Å². The van der Waals surface area contributed by atoms with Gasteiger partial charge < -0.3 is 9.64 Å². The fourth-order valence-electron chi connectivity index (χ4n) is 3.92. The van der Waals surface area contributed by atoms with Crippen LogP contribution in [-0.4, -0.2) is 23.4 Å². The maximum atomic E-state index is 14.3. The van der Waals surface area contributed by atoms with Crippen molar-refractivity contribution in [2.75, 3.05) is 6.61 Å². The summed E-state index contributed by atoms with van der Waals surface area (Å²) < 4.78 is 19.7. The van der Waals surface area contributed by atoms with Gasteiger partial charge in [0.15, 0.2) is 0 Å². The van der Waals surface area contributed by atoms with Crippen LogP contribution >= 0.6 is 0 Å². The van der Waals surface area contributed by atoms with E-state index in [9.17, 15) is 14.0 Å². The molecule has 1 unspecified atom stereocenters. The van der Waals surface area contributed by atoms with E-state index in [1.165, 1.54) is 6.07 Å². The zero-order chi connectivity index (χ0) is 21.7. The molecule has 0 spiro atoms. The molecular weight excluding hydrogens is 381 g/mol. The number of carbonyl (C=O) groups excluding carboxylic acids is 2. The molecule has 1 heterocycles. The van der Waals surface area contributed by atoms with Crippen LogP contribution < -0.4 is 0 Å². The van der Waals surface area contributed by atoms with Crippen LogP contribution in [0.4, 0.5) is 4.39 Å². The fraction of sp³-hybridized carbons (Fsp3) is 0.360. The third kappa shape index (κ3) is 4.61. The first-order valence-corrected chi connectivity index (χ1v) is 10.5. The lowest BCUT2D eigenvalue weighted by Crippen LogP contribution is -2.39. The van der Waals surface area contributed by atoms with E-state index in [1.54, 1.807) is 30.0 Å². The van der Waals surface area contributed by atoms with Crippen LogP contribution in [0.3, 0.4) is 0 Å². The van der Waals surface area contributed by atoms with E-state index in [1.807, 2.05) is 38.1 Å². The second kappa shape index (κ2) is 9.70. The highest BCUT2D eigenvalue weighted by atomic mass is 19.1. The minimum atomic E-state index is -0.405. The zero-order valence-corrected chi connectivity index (χ0v) is 17.8. The number of amides is 1. The Hall–Kier alpha value is -2.95. The Bertz CT molecular complexity index is 949. The molecule has 0 bridgehead atoms.